The number of pyridine rings is 1. The highest BCUT2D eigenvalue weighted by Crippen LogP contribution is 2.38. The number of carbonyl (C=O) groups excluding carboxylic acids is 2. The van der Waals surface area contributed by atoms with Crippen LogP contribution in [0.3, 0.4) is 0 Å². The Morgan fingerprint density at radius 2 is 1.95 bits per heavy atom. The molecular weight excluding hydrogens is 519 g/mol. The molecule has 37 heavy (non-hydrogen) atoms. The molecule has 0 atom stereocenters. The standard InChI is InChI=1S/C23H18BClF4N4O4/c1-36-14-7-12-10(6-11(14)22(34)31-8-15(26)27)13(4-5-30-12)37-21-18(28)16(24)20(17(25)19(21)29)33-23(35)32-9-2-3-9/h4-7,9,15H,2-3,8H2,1H3,(H,31,34)(H2,32,33,35). The monoisotopic (exact) mass is 536 g/mol. The molecule has 3 N–H and O–H groups in total. The number of rotatable bonds is 8. The molecule has 1 aliphatic rings. The van der Waals surface area contributed by atoms with Crippen molar-refractivity contribution in [2.24, 2.45) is 0 Å². The summed E-state index contributed by atoms with van der Waals surface area (Å²) in [6, 6.07) is 3.05. The predicted octanol–water partition coefficient (Wildman–Crippen LogP) is 4.04. The zero-order valence-corrected chi connectivity index (χ0v) is 19.9. The lowest BCUT2D eigenvalue weighted by Gasteiger charge is -2.18. The summed E-state index contributed by atoms with van der Waals surface area (Å²) in [4.78, 5) is 28.6. The number of carbonyl (C=O) groups is 2. The number of aromatic nitrogens is 1. The van der Waals surface area contributed by atoms with Gasteiger partial charge in [-0.25, -0.2) is 22.4 Å². The summed E-state index contributed by atoms with van der Waals surface area (Å²) in [7, 11) is 7.05. The number of alkyl halides is 2. The molecule has 2 aromatic carbocycles. The third-order valence-corrected chi connectivity index (χ3v) is 5.72. The van der Waals surface area contributed by atoms with E-state index in [-0.39, 0.29) is 34.0 Å². The van der Waals surface area contributed by atoms with Crippen molar-refractivity contribution < 1.29 is 36.6 Å². The molecule has 192 valence electrons. The van der Waals surface area contributed by atoms with Gasteiger partial charge in [0.2, 0.25) is 0 Å². The van der Waals surface area contributed by atoms with Crippen molar-refractivity contribution in [1.29, 1.82) is 0 Å². The Bertz CT molecular complexity index is 1360. The first-order valence-corrected chi connectivity index (χ1v) is 11.2. The van der Waals surface area contributed by atoms with Crippen molar-refractivity contribution in [1.82, 2.24) is 15.6 Å². The normalized spacial score (nSPS) is 12.9. The number of halogens is 5. The molecule has 0 spiro atoms. The summed E-state index contributed by atoms with van der Waals surface area (Å²) >= 11 is 6.04. The number of fused-ring (bicyclic) bond motifs is 1. The molecule has 4 rings (SSSR count). The maximum absolute atomic E-state index is 15.1. The topological polar surface area (TPSA) is 102 Å². The fraction of sp³-hybridized carbons (Fsp3) is 0.261. The second-order valence-electron chi connectivity index (χ2n) is 8.01. The third kappa shape index (κ3) is 5.66. The van der Waals surface area contributed by atoms with E-state index in [9.17, 15) is 18.4 Å². The molecule has 1 saturated carbocycles. The third-order valence-electron chi connectivity index (χ3n) is 5.36. The van der Waals surface area contributed by atoms with Crippen LogP contribution in [0.25, 0.3) is 10.9 Å². The Kier molecular flexibility index (Phi) is 7.62. The van der Waals surface area contributed by atoms with E-state index in [0.717, 1.165) is 12.8 Å². The van der Waals surface area contributed by atoms with Gasteiger partial charge in [-0.3, -0.25) is 9.78 Å². The van der Waals surface area contributed by atoms with Crippen LogP contribution in [0.15, 0.2) is 24.4 Å². The minimum atomic E-state index is -2.78. The molecule has 3 amide bonds. The zero-order valence-electron chi connectivity index (χ0n) is 19.1. The van der Waals surface area contributed by atoms with Gasteiger partial charge >= 0.3 is 6.03 Å². The second-order valence-corrected chi connectivity index (χ2v) is 8.39. The van der Waals surface area contributed by atoms with Gasteiger partial charge in [0.25, 0.3) is 12.3 Å². The van der Waals surface area contributed by atoms with Gasteiger partial charge in [-0.2, -0.15) is 0 Å². The van der Waals surface area contributed by atoms with Crippen LogP contribution >= 0.6 is 11.6 Å². The molecule has 1 fully saturated rings. The number of nitrogens with one attached hydrogen (secondary N) is 3. The van der Waals surface area contributed by atoms with Gasteiger partial charge in [0.1, 0.15) is 24.4 Å². The van der Waals surface area contributed by atoms with E-state index in [2.05, 4.69) is 20.9 Å². The fourth-order valence-corrected chi connectivity index (χ4v) is 3.62. The van der Waals surface area contributed by atoms with E-state index in [0.29, 0.717) is 0 Å². The maximum atomic E-state index is 15.1. The number of hydrogen-bond donors (Lipinski definition) is 3. The predicted molar refractivity (Wildman–Crippen MR) is 129 cm³/mol. The van der Waals surface area contributed by atoms with Crippen LogP contribution in [-0.4, -0.2) is 50.9 Å². The Hall–Kier alpha value is -3.74. The van der Waals surface area contributed by atoms with Crippen molar-refractivity contribution >= 4 is 53.4 Å². The van der Waals surface area contributed by atoms with Crippen LogP contribution in [0.1, 0.15) is 23.2 Å². The minimum Gasteiger partial charge on any atom is -0.496 e. The molecule has 0 unspecified atom stereocenters. The summed E-state index contributed by atoms with van der Waals surface area (Å²) in [6.07, 6.45) is 0.0578. The number of benzene rings is 2. The van der Waals surface area contributed by atoms with Gasteiger partial charge in [-0.1, -0.05) is 11.6 Å². The van der Waals surface area contributed by atoms with Crippen LogP contribution in [0.2, 0.25) is 5.02 Å². The fourth-order valence-electron chi connectivity index (χ4n) is 3.39. The molecule has 1 aliphatic carbocycles. The largest absolute Gasteiger partial charge is 0.496 e. The van der Waals surface area contributed by atoms with Gasteiger partial charge in [-0.15, -0.1) is 0 Å². The lowest BCUT2D eigenvalue weighted by atomic mass is 9.92. The first-order chi connectivity index (χ1) is 17.6. The van der Waals surface area contributed by atoms with E-state index in [4.69, 9.17) is 28.9 Å². The molecule has 14 heteroatoms. The number of amides is 3. The highest BCUT2D eigenvalue weighted by molar-refractivity contribution is 6.42. The number of hydrogen-bond acceptors (Lipinski definition) is 5. The molecular formula is C23H18BClF4N4O4. The van der Waals surface area contributed by atoms with Gasteiger partial charge in [-0.05, 0) is 30.4 Å². The molecule has 0 bridgehead atoms. The first kappa shape index (κ1) is 26.3. The summed E-state index contributed by atoms with van der Waals surface area (Å²) in [6.45, 7) is -0.899. The van der Waals surface area contributed by atoms with Gasteiger partial charge in [0, 0.05) is 23.7 Å². The molecule has 8 nitrogen and oxygen atoms in total. The van der Waals surface area contributed by atoms with Crippen molar-refractivity contribution in [2.45, 2.75) is 25.3 Å². The number of ether oxygens (including phenoxy) is 2. The number of urea groups is 1. The summed E-state index contributed by atoms with van der Waals surface area (Å²) in [5.74, 6) is -4.66. The number of anilines is 1. The zero-order chi connectivity index (χ0) is 26.9. The van der Waals surface area contributed by atoms with Crippen LogP contribution in [0.4, 0.5) is 28.0 Å². The van der Waals surface area contributed by atoms with Gasteiger partial charge in [0.05, 0.1) is 30.4 Å². The van der Waals surface area contributed by atoms with Crippen molar-refractivity contribution in [2.75, 3.05) is 19.0 Å². The van der Waals surface area contributed by atoms with Crippen LogP contribution < -0.4 is 30.9 Å². The summed E-state index contributed by atoms with van der Waals surface area (Å²) in [5.41, 5.74) is -1.08. The van der Waals surface area contributed by atoms with Crippen LogP contribution in [0.5, 0.6) is 17.2 Å². The van der Waals surface area contributed by atoms with E-state index >= 15 is 8.78 Å². The molecule has 3 aromatic rings. The molecule has 0 aliphatic heterocycles. The maximum Gasteiger partial charge on any atom is 0.319 e. The Morgan fingerprint density at radius 1 is 1.22 bits per heavy atom. The lowest BCUT2D eigenvalue weighted by Crippen LogP contribution is -2.33. The first-order valence-electron chi connectivity index (χ1n) is 10.8. The van der Waals surface area contributed by atoms with Gasteiger partial charge in [0.15, 0.2) is 17.4 Å². The van der Waals surface area contributed by atoms with E-state index in [1.807, 2.05) is 0 Å². The second kappa shape index (κ2) is 10.7. The highest BCUT2D eigenvalue weighted by Gasteiger charge is 2.27. The number of methoxy groups -OCH3 is 1. The minimum absolute atomic E-state index is 0.0217. The van der Waals surface area contributed by atoms with Crippen molar-refractivity contribution in [3.63, 3.8) is 0 Å². The van der Waals surface area contributed by atoms with E-state index < -0.39 is 58.5 Å². The average molecular weight is 537 g/mol. The number of nitrogens with zero attached hydrogens (tertiary/aromatic N) is 1. The summed E-state index contributed by atoms with van der Waals surface area (Å²) in [5, 5.41) is 6.29. The average Bonchev–Trinajstić information content (AvgIpc) is 3.69. The summed E-state index contributed by atoms with van der Waals surface area (Å²) < 4.78 is 66.0. The SMILES string of the molecule is [B]c1c(F)c(Oc2ccnc3cc(OC)c(C(=O)NCC(F)F)cc23)c(F)c(Cl)c1NC(=O)NC1CC1. The Labute approximate surface area is 214 Å². The molecule has 1 aromatic heterocycles. The highest BCUT2D eigenvalue weighted by atomic mass is 35.5. The quantitative estimate of drug-likeness (QED) is 0.229. The van der Waals surface area contributed by atoms with Crippen molar-refractivity contribution in [3.05, 3.63) is 46.6 Å². The van der Waals surface area contributed by atoms with E-state index in [1.165, 1.54) is 31.5 Å². The Balaban J connectivity index is 1.72. The van der Waals surface area contributed by atoms with Crippen LogP contribution in [-0.2, 0) is 0 Å². The molecule has 0 saturated heterocycles. The smallest absolute Gasteiger partial charge is 0.319 e. The van der Waals surface area contributed by atoms with Gasteiger partial charge < -0.3 is 25.4 Å². The van der Waals surface area contributed by atoms with Crippen molar-refractivity contribution in [3.8, 4) is 17.2 Å². The lowest BCUT2D eigenvalue weighted by molar-refractivity contribution is 0.0889. The Morgan fingerprint density at radius 3 is 2.59 bits per heavy atom. The molecule has 1 heterocycles. The van der Waals surface area contributed by atoms with E-state index in [1.54, 1.807) is 0 Å². The van der Waals surface area contributed by atoms with Crippen LogP contribution in [0, 0.1) is 11.6 Å². The molecule has 2 radical (unpaired) electrons.